The monoisotopic (exact) mass is 424 g/mol. The zero-order valence-corrected chi connectivity index (χ0v) is 17.1. The number of benzene rings is 3. The van der Waals surface area contributed by atoms with Crippen molar-refractivity contribution in [3.8, 4) is 22.7 Å². The van der Waals surface area contributed by atoms with Gasteiger partial charge in [-0.05, 0) is 24.3 Å². The zero-order chi connectivity index (χ0) is 22.1. The summed E-state index contributed by atoms with van der Waals surface area (Å²) in [6.07, 6.45) is 0.787. The quantitative estimate of drug-likeness (QED) is 0.543. The van der Waals surface area contributed by atoms with Crippen LogP contribution >= 0.6 is 0 Å². The Morgan fingerprint density at radius 1 is 0.906 bits per heavy atom. The molecule has 0 radical (unpaired) electrons. The van der Waals surface area contributed by atoms with E-state index in [0.717, 1.165) is 11.3 Å². The minimum absolute atomic E-state index is 0.0237. The molecule has 2 amide bonds. The van der Waals surface area contributed by atoms with Gasteiger partial charge in [-0.15, -0.1) is 0 Å². The normalized spacial score (nSPS) is 15.0. The average Bonchev–Trinajstić information content (AvgIpc) is 3.29. The number of hydrogen-bond donors (Lipinski definition) is 1. The maximum Gasteiger partial charge on any atom is 0.262 e. The molecule has 0 saturated heterocycles. The minimum atomic E-state index is -0.932. The number of primary amides is 1. The van der Waals surface area contributed by atoms with E-state index in [2.05, 4.69) is 0 Å². The van der Waals surface area contributed by atoms with Crippen LogP contribution in [-0.2, 0) is 4.79 Å². The third kappa shape index (κ3) is 3.50. The highest BCUT2D eigenvalue weighted by Gasteiger charge is 2.34. The summed E-state index contributed by atoms with van der Waals surface area (Å²) >= 11 is 0. The molecule has 1 aliphatic rings. The van der Waals surface area contributed by atoms with Gasteiger partial charge in [0, 0.05) is 11.8 Å². The molecule has 0 bridgehead atoms. The lowest BCUT2D eigenvalue weighted by Gasteiger charge is -2.33. The standard InChI is InChI=1S/C25H20N4O3/c26-24(30)22-16-28(20-13-7-8-14-21(20)32-22)25(31)19-15-29(18-11-5-2-6-12-18)27-23(19)17-9-3-1-4-10-17/h1-15,22H,16H2,(H2,26,30). The molecule has 32 heavy (non-hydrogen) atoms. The molecule has 7 nitrogen and oxygen atoms in total. The van der Waals surface area contributed by atoms with E-state index in [4.69, 9.17) is 15.6 Å². The molecule has 158 valence electrons. The minimum Gasteiger partial charge on any atom is -0.477 e. The Bertz CT molecular complexity index is 1290. The predicted octanol–water partition coefficient (Wildman–Crippen LogP) is 3.43. The Kier molecular flexibility index (Phi) is 4.91. The van der Waals surface area contributed by atoms with Crippen molar-refractivity contribution in [1.29, 1.82) is 0 Å². The van der Waals surface area contributed by atoms with Crippen molar-refractivity contribution in [1.82, 2.24) is 9.78 Å². The fraction of sp³-hybridized carbons (Fsp3) is 0.0800. The van der Waals surface area contributed by atoms with Crippen LogP contribution in [0.2, 0.25) is 0 Å². The van der Waals surface area contributed by atoms with Crippen LogP contribution in [-0.4, -0.2) is 34.2 Å². The van der Waals surface area contributed by atoms with E-state index in [1.54, 1.807) is 29.1 Å². The molecule has 1 aliphatic heterocycles. The summed E-state index contributed by atoms with van der Waals surface area (Å²) in [5, 5.41) is 4.72. The van der Waals surface area contributed by atoms with E-state index in [0.29, 0.717) is 22.7 Å². The van der Waals surface area contributed by atoms with Crippen molar-refractivity contribution in [2.45, 2.75) is 6.10 Å². The van der Waals surface area contributed by atoms with Crippen molar-refractivity contribution in [2.24, 2.45) is 5.73 Å². The number of carbonyl (C=O) groups excluding carboxylic acids is 2. The molecule has 7 heteroatoms. The summed E-state index contributed by atoms with van der Waals surface area (Å²) in [5.74, 6) is -0.471. The van der Waals surface area contributed by atoms with Crippen LogP contribution in [0.25, 0.3) is 16.9 Å². The molecule has 0 aliphatic carbocycles. The predicted molar refractivity (Wildman–Crippen MR) is 121 cm³/mol. The number of nitrogens with zero attached hydrogens (tertiary/aromatic N) is 3. The first-order chi connectivity index (χ1) is 15.6. The molecule has 1 aromatic heterocycles. The number of ether oxygens (including phenoxy) is 1. The van der Waals surface area contributed by atoms with Gasteiger partial charge in [-0.3, -0.25) is 9.59 Å². The molecule has 3 aromatic carbocycles. The molecule has 0 fully saturated rings. The van der Waals surface area contributed by atoms with E-state index in [9.17, 15) is 9.59 Å². The molecule has 0 spiro atoms. The molecule has 4 aromatic rings. The lowest BCUT2D eigenvalue weighted by atomic mass is 10.1. The highest BCUT2D eigenvalue weighted by atomic mass is 16.5. The van der Waals surface area contributed by atoms with Gasteiger partial charge in [0.05, 0.1) is 23.5 Å². The van der Waals surface area contributed by atoms with E-state index in [-0.39, 0.29) is 12.5 Å². The van der Waals surface area contributed by atoms with E-state index >= 15 is 0 Å². The maximum atomic E-state index is 13.8. The third-order valence-corrected chi connectivity index (χ3v) is 5.35. The van der Waals surface area contributed by atoms with Crippen LogP contribution in [0.3, 0.4) is 0 Å². The summed E-state index contributed by atoms with van der Waals surface area (Å²) in [4.78, 5) is 27.3. The van der Waals surface area contributed by atoms with Crippen LogP contribution < -0.4 is 15.4 Å². The second kappa shape index (κ2) is 8.03. The highest BCUT2D eigenvalue weighted by Crippen LogP contribution is 2.35. The topological polar surface area (TPSA) is 90.5 Å². The van der Waals surface area contributed by atoms with Gasteiger partial charge in [-0.1, -0.05) is 60.7 Å². The van der Waals surface area contributed by atoms with Crippen LogP contribution in [0.4, 0.5) is 5.69 Å². The molecule has 1 unspecified atom stereocenters. The number of nitrogens with two attached hydrogens (primary N) is 1. The molecule has 2 N–H and O–H groups in total. The summed E-state index contributed by atoms with van der Waals surface area (Å²) in [6.45, 7) is 0.0237. The van der Waals surface area contributed by atoms with Crippen LogP contribution in [0.15, 0.2) is 91.1 Å². The molecular weight excluding hydrogens is 404 g/mol. The first kappa shape index (κ1) is 19.6. The maximum absolute atomic E-state index is 13.8. The van der Waals surface area contributed by atoms with Crippen molar-refractivity contribution >= 4 is 17.5 Å². The van der Waals surface area contributed by atoms with Crippen LogP contribution in [0.1, 0.15) is 10.4 Å². The second-order valence-electron chi connectivity index (χ2n) is 7.43. The molecule has 2 heterocycles. The zero-order valence-electron chi connectivity index (χ0n) is 17.1. The Hall–Kier alpha value is -4.39. The lowest BCUT2D eigenvalue weighted by molar-refractivity contribution is -0.124. The van der Waals surface area contributed by atoms with Gasteiger partial charge in [0.2, 0.25) is 0 Å². The summed E-state index contributed by atoms with van der Waals surface area (Å²) in [5.41, 5.74) is 8.72. The molecule has 5 rings (SSSR count). The number of aromatic nitrogens is 2. The number of carbonyl (C=O) groups is 2. The van der Waals surface area contributed by atoms with Crippen LogP contribution in [0, 0.1) is 0 Å². The SMILES string of the molecule is NC(=O)C1CN(C(=O)c2cn(-c3ccccc3)nc2-c2ccccc2)c2ccccc2O1. The number of amides is 2. The van der Waals surface area contributed by atoms with E-state index < -0.39 is 12.0 Å². The molecule has 1 atom stereocenters. The third-order valence-electron chi connectivity index (χ3n) is 5.35. The Morgan fingerprint density at radius 3 is 2.28 bits per heavy atom. The van der Waals surface area contributed by atoms with Gasteiger partial charge < -0.3 is 15.4 Å². The van der Waals surface area contributed by atoms with Crippen molar-refractivity contribution in [2.75, 3.05) is 11.4 Å². The first-order valence-electron chi connectivity index (χ1n) is 10.2. The van der Waals surface area contributed by atoms with Gasteiger partial charge in [0.15, 0.2) is 6.10 Å². The number of anilines is 1. The average molecular weight is 424 g/mol. The highest BCUT2D eigenvalue weighted by molar-refractivity contribution is 6.11. The Labute approximate surface area is 184 Å². The number of para-hydroxylation sites is 3. The molecular formula is C25H20N4O3. The summed E-state index contributed by atoms with van der Waals surface area (Å²) in [7, 11) is 0. The largest absolute Gasteiger partial charge is 0.477 e. The van der Waals surface area contributed by atoms with Gasteiger partial charge >= 0.3 is 0 Å². The smallest absolute Gasteiger partial charge is 0.262 e. The van der Waals surface area contributed by atoms with E-state index in [1.165, 1.54) is 4.90 Å². The summed E-state index contributed by atoms with van der Waals surface area (Å²) in [6, 6.07) is 26.2. The number of fused-ring (bicyclic) bond motifs is 1. The number of rotatable bonds is 4. The second-order valence-corrected chi connectivity index (χ2v) is 7.43. The van der Waals surface area contributed by atoms with Crippen molar-refractivity contribution in [3.05, 3.63) is 96.7 Å². The fourth-order valence-electron chi connectivity index (χ4n) is 3.77. The Balaban J connectivity index is 1.63. The summed E-state index contributed by atoms with van der Waals surface area (Å²) < 4.78 is 7.40. The molecule has 0 saturated carbocycles. The van der Waals surface area contributed by atoms with Crippen molar-refractivity contribution < 1.29 is 14.3 Å². The van der Waals surface area contributed by atoms with Crippen molar-refractivity contribution in [3.63, 3.8) is 0 Å². The van der Waals surface area contributed by atoms with E-state index in [1.807, 2.05) is 66.7 Å². The first-order valence-corrected chi connectivity index (χ1v) is 10.2. The van der Waals surface area contributed by atoms with Gasteiger partial charge in [-0.2, -0.15) is 5.10 Å². The van der Waals surface area contributed by atoms with Gasteiger partial charge in [-0.25, -0.2) is 4.68 Å². The number of hydrogen-bond acceptors (Lipinski definition) is 4. The Morgan fingerprint density at radius 2 is 1.56 bits per heavy atom. The van der Waals surface area contributed by atoms with Gasteiger partial charge in [0.1, 0.15) is 11.4 Å². The van der Waals surface area contributed by atoms with Gasteiger partial charge in [0.25, 0.3) is 11.8 Å². The van der Waals surface area contributed by atoms with Crippen LogP contribution in [0.5, 0.6) is 5.75 Å². The fourth-order valence-corrected chi connectivity index (χ4v) is 3.77. The lowest BCUT2D eigenvalue weighted by Crippen LogP contribution is -2.49.